The average Bonchev–Trinajstić information content (AvgIpc) is 2.28. The molecule has 2 nitrogen and oxygen atoms in total. The van der Waals surface area contributed by atoms with Crippen LogP contribution in [0, 0.1) is 0 Å². The molecule has 0 fully saturated rings. The van der Waals surface area contributed by atoms with Crippen molar-refractivity contribution in [3.05, 3.63) is 47.4 Å². The van der Waals surface area contributed by atoms with Crippen molar-refractivity contribution in [1.29, 1.82) is 0 Å². The molecule has 0 N–H and O–H groups in total. The quantitative estimate of drug-likeness (QED) is 0.567. The molecule has 0 amide bonds. The summed E-state index contributed by atoms with van der Waals surface area (Å²) in [5.41, 5.74) is 1.50. The Hall–Kier alpha value is -0.540. The molecular formula is C11H6Cl4N2. The van der Waals surface area contributed by atoms with E-state index in [4.69, 9.17) is 46.4 Å². The molecule has 0 saturated heterocycles. The summed E-state index contributed by atoms with van der Waals surface area (Å²) < 4.78 is -1.69. The SMILES string of the molecule is Clc1cc(-c2ccccc2)nc(C(Cl)(Cl)Cl)n1. The van der Waals surface area contributed by atoms with E-state index in [1.165, 1.54) is 0 Å². The van der Waals surface area contributed by atoms with E-state index >= 15 is 0 Å². The van der Waals surface area contributed by atoms with E-state index in [9.17, 15) is 0 Å². The van der Waals surface area contributed by atoms with Gasteiger partial charge in [0.1, 0.15) is 5.15 Å². The molecule has 0 bridgehead atoms. The van der Waals surface area contributed by atoms with Gasteiger partial charge in [0.15, 0.2) is 5.82 Å². The molecule has 0 aliphatic rings. The van der Waals surface area contributed by atoms with Crippen LogP contribution in [0.15, 0.2) is 36.4 Å². The van der Waals surface area contributed by atoms with Crippen molar-refractivity contribution in [2.45, 2.75) is 3.79 Å². The van der Waals surface area contributed by atoms with Crippen molar-refractivity contribution in [3.8, 4) is 11.3 Å². The van der Waals surface area contributed by atoms with Crippen molar-refractivity contribution in [3.63, 3.8) is 0 Å². The predicted octanol–water partition coefficient (Wildman–Crippen LogP) is 4.62. The Labute approximate surface area is 119 Å². The maximum absolute atomic E-state index is 5.88. The first kappa shape index (κ1) is 12.9. The van der Waals surface area contributed by atoms with Gasteiger partial charge in [-0.1, -0.05) is 76.7 Å². The van der Waals surface area contributed by atoms with Crippen molar-refractivity contribution in [2.75, 3.05) is 0 Å². The molecule has 1 aromatic carbocycles. The number of alkyl halides is 3. The lowest BCUT2D eigenvalue weighted by atomic mass is 10.1. The number of hydrogen-bond acceptors (Lipinski definition) is 2. The lowest BCUT2D eigenvalue weighted by molar-refractivity contribution is 0.974. The first-order valence-corrected chi connectivity index (χ1v) is 6.15. The lowest BCUT2D eigenvalue weighted by Crippen LogP contribution is -2.08. The highest BCUT2D eigenvalue weighted by Gasteiger charge is 2.27. The maximum atomic E-state index is 5.88. The predicted molar refractivity (Wildman–Crippen MR) is 71.7 cm³/mol. The number of hydrogen-bond donors (Lipinski definition) is 0. The number of nitrogens with zero attached hydrogens (tertiary/aromatic N) is 2. The van der Waals surface area contributed by atoms with Crippen LogP contribution < -0.4 is 0 Å². The largest absolute Gasteiger partial charge is 0.250 e. The highest BCUT2D eigenvalue weighted by Crippen LogP contribution is 2.37. The monoisotopic (exact) mass is 306 g/mol. The van der Waals surface area contributed by atoms with Crippen LogP contribution in [0.3, 0.4) is 0 Å². The number of rotatable bonds is 1. The number of benzene rings is 1. The van der Waals surface area contributed by atoms with Crippen molar-refractivity contribution >= 4 is 46.4 Å². The highest BCUT2D eigenvalue weighted by molar-refractivity contribution is 6.66. The lowest BCUT2D eigenvalue weighted by Gasteiger charge is -2.11. The molecule has 0 saturated carbocycles. The highest BCUT2D eigenvalue weighted by atomic mass is 35.6. The minimum atomic E-state index is -1.69. The first-order valence-electron chi connectivity index (χ1n) is 4.64. The fourth-order valence-corrected chi connectivity index (χ4v) is 1.74. The Bertz CT molecular complexity index is 523. The molecule has 88 valence electrons. The minimum absolute atomic E-state index is 0.0638. The summed E-state index contributed by atoms with van der Waals surface area (Å²) in [5, 5.41) is 0.236. The molecule has 0 atom stereocenters. The van der Waals surface area contributed by atoms with Gasteiger partial charge in [0.2, 0.25) is 3.79 Å². The zero-order chi connectivity index (χ0) is 12.5. The van der Waals surface area contributed by atoms with Gasteiger partial charge in [0, 0.05) is 11.6 Å². The van der Waals surface area contributed by atoms with Gasteiger partial charge in [0.05, 0.1) is 5.69 Å². The van der Waals surface area contributed by atoms with Gasteiger partial charge in [-0.3, -0.25) is 0 Å². The fraction of sp³-hybridized carbons (Fsp3) is 0.0909. The number of aromatic nitrogens is 2. The van der Waals surface area contributed by atoms with Gasteiger partial charge < -0.3 is 0 Å². The molecule has 0 aliphatic carbocycles. The summed E-state index contributed by atoms with van der Waals surface area (Å²) in [5.74, 6) is 0.0638. The van der Waals surface area contributed by atoms with E-state index in [1.807, 2.05) is 30.3 Å². The third-order valence-corrected chi connectivity index (χ3v) is 2.72. The molecule has 2 rings (SSSR count). The standard InChI is InChI=1S/C11H6Cl4N2/c12-9-6-8(7-4-2-1-3-5-7)16-10(17-9)11(13,14)15/h1-6H. The van der Waals surface area contributed by atoms with Crippen LogP contribution in [0.2, 0.25) is 5.15 Å². The Kier molecular flexibility index (Phi) is 3.79. The van der Waals surface area contributed by atoms with Crippen LogP contribution in [0.25, 0.3) is 11.3 Å². The molecule has 6 heteroatoms. The van der Waals surface area contributed by atoms with Crippen molar-refractivity contribution in [1.82, 2.24) is 9.97 Å². The molecule has 0 radical (unpaired) electrons. The molecule has 0 aliphatic heterocycles. The van der Waals surface area contributed by atoms with Crippen molar-refractivity contribution < 1.29 is 0 Å². The third kappa shape index (κ3) is 3.23. The van der Waals surface area contributed by atoms with E-state index in [2.05, 4.69) is 9.97 Å². The van der Waals surface area contributed by atoms with Crippen LogP contribution in [0.1, 0.15) is 5.82 Å². The Balaban J connectivity index is 2.54. The Morgan fingerprint density at radius 2 is 1.59 bits per heavy atom. The van der Waals surface area contributed by atoms with Gasteiger partial charge in [-0.2, -0.15) is 0 Å². The van der Waals surface area contributed by atoms with Gasteiger partial charge >= 0.3 is 0 Å². The van der Waals surface area contributed by atoms with E-state index in [0.29, 0.717) is 5.69 Å². The summed E-state index contributed by atoms with van der Waals surface area (Å²) in [4.78, 5) is 8.07. The first-order chi connectivity index (χ1) is 7.97. The second kappa shape index (κ2) is 4.99. The average molecular weight is 308 g/mol. The molecule has 17 heavy (non-hydrogen) atoms. The van der Waals surface area contributed by atoms with E-state index in [-0.39, 0.29) is 11.0 Å². The fourth-order valence-electron chi connectivity index (χ4n) is 1.30. The minimum Gasteiger partial charge on any atom is -0.228 e. The van der Waals surface area contributed by atoms with E-state index < -0.39 is 3.79 Å². The Morgan fingerprint density at radius 1 is 0.941 bits per heavy atom. The second-order valence-corrected chi connectivity index (χ2v) is 5.93. The van der Waals surface area contributed by atoms with Gasteiger partial charge in [-0.15, -0.1) is 0 Å². The van der Waals surface area contributed by atoms with E-state index in [1.54, 1.807) is 6.07 Å². The number of halogens is 4. The summed E-state index contributed by atoms with van der Waals surface area (Å²) in [7, 11) is 0. The second-order valence-electron chi connectivity index (χ2n) is 3.26. The van der Waals surface area contributed by atoms with Crippen LogP contribution in [-0.4, -0.2) is 9.97 Å². The van der Waals surface area contributed by atoms with Gasteiger partial charge in [-0.05, 0) is 0 Å². The smallest absolute Gasteiger partial charge is 0.228 e. The normalized spacial score (nSPS) is 11.5. The summed E-state index contributed by atoms with van der Waals surface area (Å²) in [6, 6.07) is 11.1. The topological polar surface area (TPSA) is 25.8 Å². The molecule has 2 aromatic rings. The van der Waals surface area contributed by atoms with Gasteiger partial charge in [0.25, 0.3) is 0 Å². The molecule has 0 spiro atoms. The Morgan fingerprint density at radius 3 is 2.18 bits per heavy atom. The van der Waals surface area contributed by atoms with Crippen LogP contribution >= 0.6 is 46.4 Å². The zero-order valence-electron chi connectivity index (χ0n) is 8.37. The molecular weight excluding hydrogens is 302 g/mol. The van der Waals surface area contributed by atoms with Crippen molar-refractivity contribution in [2.24, 2.45) is 0 Å². The molecule has 1 heterocycles. The van der Waals surface area contributed by atoms with Crippen LogP contribution in [0.4, 0.5) is 0 Å². The summed E-state index contributed by atoms with van der Waals surface area (Å²) in [6.45, 7) is 0. The summed E-state index contributed by atoms with van der Waals surface area (Å²) >= 11 is 23.1. The third-order valence-electron chi connectivity index (χ3n) is 2.02. The molecule has 1 aromatic heterocycles. The van der Waals surface area contributed by atoms with E-state index in [0.717, 1.165) is 5.56 Å². The summed E-state index contributed by atoms with van der Waals surface area (Å²) in [6.07, 6.45) is 0. The van der Waals surface area contributed by atoms with Gasteiger partial charge in [-0.25, -0.2) is 9.97 Å². The maximum Gasteiger partial charge on any atom is 0.250 e. The molecule has 0 unspecified atom stereocenters. The van der Waals surface area contributed by atoms with Crippen LogP contribution in [-0.2, 0) is 3.79 Å². The van der Waals surface area contributed by atoms with Crippen LogP contribution in [0.5, 0.6) is 0 Å². The zero-order valence-corrected chi connectivity index (χ0v) is 11.4.